The highest BCUT2D eigenvalue weighted by Crippen LogP contribution is 2.41. The van der Waals surface area contributed by atoms with Crippen LogP contribution in [0, 0.1) is 26.7 Å². The lowest BCUT2D eigenvalue weighted by Crippen LogP contribution is -2.30. The van der Waals surface area contributed by atoms with Crippen molar-refractivity contribution in [2.45, 2.75) is 47.1 Å². The molecular formula is C30H30N2O4. The van der Waals surface area contributed by atoms with E-state index >= 15 is 0 Å². The predicted molar refractivity (Wildman–Crippen MR) is 141 cm³/mol. The summed E-state index contributed by atoms with van der Waals surface area (Å²) >= 11 is 0. The number of hydrogen-bond acceptors (Lipinski definition) is 5. The molecule has 1 atom stereocenters. The van der Waals surface area contributed by atoms with Crippen LogP contribution in [-0.4, -0.2) is 17.5 Å². The number of anilines is 1. The Labute approximate surface area is 210 Å². The fourth-order valence-corrected chi connectivity index (χ4v) is 4.63. The summed E-state index contributed by atoms with van der Waals surface area (Å²) in [6, 6.07) is 16.1. The van der Waals surface area contributed by atoms with Crippen LogP contribution in [0.15, 0.2) is 63.8 Å². The van der Waals surface area contributed by atoms with Crippen LogP contribution >= 0.6 is 0 Å². The standard InChI is InChI=1S/C30H30N2O4/c1-17(2)12-13-35-22-10-7-9-21(16-22)27-26-28(33)23-14-18(3)19(4)15-24(23)36-29(26)30(34)32(27)25-11-6-8-20(5)31-25/h6-11,14-17,27H,12-13H2,1-5H3/t27-/m1/s1. The van der Waals surface area contributed by atoms with Crippen LogP contribution in [0.5, 0.6) is 5.75 Å². The SMILES string of the molecule is Cc1cccc(N2C(=O)c3oc4cc(C)c(C)cc4c(=O)c3[C@H]2c2cccc(OCCC(C)C)c2)n1. The van der Waals surface area contributed by atoms with Crippen molar-refractivity contribution in [3.05, 3.63) is 98.5 Å². The number of pyridine rings is 1. The number of aryl methyl sites for hydroxylation is 3. The molecule has 6 heteroatoms. The van der Waals surface area contributed by atoms with Crippen molar-refractivity contribution in [3.63, 3.8) is 0 Å². The number of rotatable bonds is 6. The Hall–Kier alpha value is -3.93. The Morgan fingerprint density at radius 3 is 2.50 bits per heavy atom. The van der Waals surface area contributed by atoms with Gasteiger partial charge in [0.05, 0.1) is 23.6 Å². The maximum atomic E-state index is 13.9. The molecule has 0 aliphatic carbocycles. The Morgan fingerprint density at radius 1 is 1.00 bits per heavy atom. The van der Waals surface area contributed by atoms with Gasteiger partial charge in [-0.2, -0.15) is 0 Å². The second-order valence-electron chi connectivity index (χ2n) is 9.92. The maximum Gasteiger partial charge on any atom is 0.296 e. The minimum Gasteiger partial charge on any atom is -0.494 e. The Bertz CT molecular complexity index is 1540. The molecular weight excluding hydrogens is 452 g/mol. The summed E-state index contributed by atoms with van der Waals surface area (Å²) in [5, 5.41) is 0.470. The van der Waals surface area contributed by atoms with E-state index in [-0.39, 0.29) is 17.1 Å². The molecule has 2 aromatic heterocycles. The number of fused-ring (bicyclic) bond motifs is 2. The molecule has 3 heterocycles. The van der Waals surface area contributed by atoms with Crippen molar-refractivity contribution in [3.8, 4) is 5.75 Å². The van der Waals surface area contributed by atoms with Crippen LogP contribution in [-0.2, 0) is 0 Å². The molecule has 36 heavy (non-hydrogen) atoms. The molecule has 6 nitrogen and oxygen atoms in total. The van der Waals surface area contributed by atoms with Gasteiger partial charge in [-0.1, -0.05) is 32.0 Å². The zero-order chi connectivity index (χ0) is 25.6. The molecule has 1 aliphatic rings. The first-order chi connectivity index (χ1) is 17.2. The van der Waals surface area contributed by atoms with E-state index in [4.69, 9.17) is 9.15 Å². The molecule has 0 radical (unpaired) electrons. The molecule has 0 unspecified atom stereocenters. The molecule has 0 spiro atoms. The molecule has 2 aromatic carbocycles. The van der Waals surface area contributed by atoms with E-state index in [1.807, 2.05) is 69.3 Å². The van der Waals surface area contributed by atoms with Crippen molar-refractivity contribution in [1.82, 2.24) is 4.98 Å². The summed E-state index contributed by atoms with van der Waals surface area (Å²) in [7, 11) is 0. The summed E-state index contributed by atoms with van der Waals surface area (Å²) in [6.45, 7) is 10.7. The second kappa shape index (κ2) is 9.26. The van der Waals surface area contributed by atoms with Crippen molar-refractivity contribution >= 4 is 22.7 Å². The Kier molecular flexibility index (Phi) is 6.12. The average molecular weight is 483 g/mol. The molecule has 1 amide bonds. The van der Waals surface area contributed by atoms with Crippen LogP contribution in [0.25, 0.3) is 11.0 Å². The van der Waals surface area contributed by atoms with Crippen LogP contribution in [0.4, 0.5) is 5.82 Å². The fourth-order valence-electron chi connectivity index (χ4n) is 4.63. The number of benzene rings is 2. The maximum absolute atomic E-state index is 13.9. The number of hydrogen-bond donors (Lipinski definition) is 0. The van der Waals surface area contributed by atoms with Crippen molar-refractivity contribution in [1.29, 1.82) is 0 Å². The van der Waals surface area contributed by atoms with Crippen molar-refractivity contribution in [2.24, 2.45) is 5.92 Å². The minimum atomic E-state index is -0.683. The van der Waals surface area contributed by atoms with E-state index in [1.54, 1.807) is 11.0 Å². The number of carbonyl (C=O) groups excluding carboxylic acids is 1. The molecule has 0 bridgehead atoms. The second-order valence-corrected chi connectivity index (χ2v) is 9.92. The minimum absolute atomic E-state index is 0.0650. The normalized spacial score (nSPS) is 15.1. The molecule has 0 saturated carbocycles. The number of amides is 1. The lowest BCUT2D eigenvalue weighted by atomic mass is 9.97. The van der Waals surface area contributed by atoms with Crippen LogP contribution in [0.2, 0.25) is 0 Å². The largest absolute Gasteiger partial charge is 0.494 e. The molecule has 184 valence electrons. The molecule has 0 N–H and O–H groups in total. The van der Waals surface area contributed by atoms with E-state index in [0.717, 1.165) is 28.8 Å². The number of ether oxygens (including phenoxy) is 1. The summed E-state index contributed by atoms with van der Waals surface area (Å²) in [4.78, 5) is 33.9. The zero-order valence-electron chi connectivity index (χ0n) is 21.3. The summed E-state index contributed by atoms with van der Waals surface area (Å²) in [5.41, 5.74) is 4.08. The van der Waals surface area contributed by atoms with Gasteiger partial charge in [-0.25, -0.2) is 4.98 Å². The van der Waals surface area contributed by atoms with Crippen LogP contribution < -0.4 is 15.1 Å². The van der Waals surface area contributed by atoms with Gasteiger partial charge in [0.2, 0.25) is 5.76 Å². The quantitative estimate of drug-likeness (QED) is 0.323. The summed E-state index contributed by atoms with van der Waals surface area (Å²) in [5.74, 6) is 1.38. The Morgan fingerprint density at radius 2 is 1.75 bits per heavy atom. The summed E-state index contributed by atoms with van der Waals surface area (Å²) in [6.07, 6.45) is 0.933. The van der Waals surface area contributed by atoms with Gasteiger partial charge in [0.1, 0.15) is 17.2 Å². The van der Waals surface area contributed by atoms with Gasteiger partial charge in [0.15, 0.2) is 5.43 Å². The molecule has 1 aliphatic heterocycles. The number of aromatic nitrogens is 1. The topological polar surface area (TPSA) is 72.6 Å². The van der Waals surface area contributed by atoms with Gasteiger partial charge in [-0.15, -0.1) is 0 Å². The lowest BCUT2D eigenvalue weighted by Gasteiger charge is -2.25. The smallest absolute Gasteiger partial charge is 0.296 e. The first-order valence-electron chi connectivity index (χ1n) is 12.3. The molecule has 0 fully saturated rings. The zero-order valence-corrected chi connectivity index (χ0v) is 21.3. The van der Waals surface area contributed by atoms with E-state index < -0.39 is 6.04 Å². The first-order valence-corrected chi connectivity index (χ1v) is 12.3. The first kappa shape index (κ1) is 23.8. The van der Waals surface area contributed by atoms with Gasteiger partial charge >= 0.3 is 0 Å². The highest BCUT2D eigenvalue weighted by atomic mass is 16.5. The highest BCUT2D eigenvalue weighted by molar-refractivity contribution is 6.10. The number of nitrogens with zero attached hydrogens (tertiary/aromatic N) is 2. The predicted octanol–water partition coefficient (Wildman–Crippen LogP) is 6.29. The fraction of sp³-hybridized carbons (Fsp3) is 0.300. The van der Waals surface area contributed by atoms with Crippen molar-refractivity contribution in [2.75, 3.05) is 11.5 Å². The third-order valence-corrected chi connectivity index (χ3v) is 6.74. The van der Waals surface area contributed by atoms with Gasteiger partial charge in [-0.3, -0.25) is 14.5 Å². The van der Waals surface area contributed by atoms with E-state index in [2.05, 4.69) is 18.8 Å². The van der Waals surface area contributed by atoms with Crippen molar-refractivity contribution < 1.29 is 13.9 Å². The average Bonchev–Trinajstić information content (AvgIpc) is 3.13. The molecule has 0 saturated heterocycles. The summed E-state index contributed by atoms with van der Waals surface area (Å²) < 4.78 is 12.1. The molecule has 4 aromatic rings. The van der Waals surface area contributed by atoms with E-state index in [1.165, 1.54) is 0 Å². The lowest BCUT2D eigenvalue weighted by molar-refractivity contribution is 0.0970. The Balaban J connectivity index is 1.70. The van der Waals surface area contributed by atoms with Gasteiger partial charge in [-0.05, 0) is 86.2 Å². The molecule has 5 rings (SSSR count). The monoisotopic (exact) mass is 482 g/mol. The van der Waals surface area contributed by atoms with Gasteiger partial charge < -0.3 is 9.15 Å². The third-order valence-electron chi connectivity index (χ3n) is 6.74. The highest BCUT2D eigenvalue weighted by Gasteiger charge is 2.44. The van der Waals surface area contributed by atoms with E-state index in [0.29, 0.717) is 40.6 Å². The third kappa shape index (κ3) is 4.17. The van der Waals surface area contributed by atoms with Gasteiger partial charge in [0, 0.05) is 5.69 Å². The van der Waals surface area contributed by atoms with Gasteiger partial charge in [0.25, 0.3) is 5.91 Å². The van der Waals surface area contributed by atoms with E-state index in [9.17, 15) is 9.59 Å². The number of carbonyl (C=O) groups is 1. The van der Waals surface area contributed by atoms with Crippen LogP contribution in [0.3, 0.4) is 0 Å². The van der Waals surface area contributed by atoms with Crippen LogP contribution in [0.1, 0.15) is 64.8 Å².